The highest BCUT2D eigenvalue weighted by Gasteiger charge is 2.62. The monoisotopic (exact) mass is 365 g/mol. The van der Waals surface area contributed by atoms with Gasteiger partial charge in [0.05, 0.1) is 0 Å². The number of thiocarbonyl (C=S) groups is 1. The minimum absolute atomic E-state index is 0.125. The fourth-order valence-electron chi connectivity index (χ4n) is 2.14. The van der Waals surface area contributed by atoms with E-state index < -0.39 is 18.3 Å². The SMILES string of the molecule is CCC1=NN(C(=S)NCc2ccccc2Cl)C(O)(C(F)(F)F)C1. The molecule has 1 aliphatic heterocycles. The van der Waals surface area contributed by atoms with Crippen LogP contribution in [0.3, 0.4) is 0 Å². The number of halogens is 4. The van der Waals surface area contributed by atoms with Crippen LogP contribution in [0.2, 0.25) is 5.02 Å². The van der Waals surface area contributed by atoms with E-state index in [9.17, 15) is 18.3 Å². The highest BCUT2D eigenvalue weighted by Crippen LogP contribution is 2.40. The minimum atomic E-state index is -4.89. The van der Waals surface area contributed by atoms with Gasteiger partial charge in [0.15, 0.2) is 5.11 Å². The van der Waals surface area contributed by atoms with E-state index >= 15 is 0 Å². The Kier molecular flexibility index (Phi) is 5.17. The second-order valence-electron chi connectivity index (χ2n) is 5.07. The lowest BCUT2D eigenvalue weighted by atomic mass is 10.1. The van der Waals surface area contributed by atoms with Crippen molar-refractivity contribution in [1.82, 2.24) is 10.3 Å². The van der Waals surface area contributed by atoms with Gasteiger partial charge in [-0.05, 0) is 30.3 Å². The molecule has 1 unspecified atom stereocenters. The van der Waals surface area contributed by atoms with Gasteiger partial charge in [-0.3, -0.25) is 0 Å². The molecular weight excluding hydrogens is 351 g/mol. The van der Waals surface area contributed by atoms with E-state index in [0.717, 1.165) is 0 Å². The molecule has 2 rings (SSSR count). The first-order valence-electron chi connectivity index (χ1n) is 6.86. The first-order valence-corrected chi connectivity index (χ1v) is 7.64. The van der Waals surface area contributed by atoms with Gasteiger partial charge in [0.2, 0.25) is 0 Å². The molecule has 1 atom stereocenters. The van der Waals surface area contributed by atoms with Gasteiger partial charge in [0.1, 0.15) is 0 Å². The molecule has 0 radical (unpaired) electrons. The molecule has 0 aliphatic carbocycles. The van der Waals surface area contributed by atoms with Crippen molar-refractivity contribution in [2.45, 2.75) is 38.2 Å². The molecule has 4 nitrogen and oxygen atoms in total. The largest absolute Gasteiger partial charge is 0.438 e. The second-order valence-corrected chi connectivity index (χ2v) is 5.87. The summed E-state index contributed by atoms with van der Waals surface area (Å²) in [6, 6.07) is 6.88. The van der Waals surface area contributed by atoms with Crippen LogP contribution in [0.5, 0.6) is 0 Å². The van der Waals surface area contributed by atoms with E-state index in [1.165, 1.54) is 0 Å². The van der Waals surface area contributed by atoms with Gasteiger partial charge in [-0.1, -0.05) is 36.7 Å². The third-order valence-electron chi connectivity index (χ3n) is 3.48. The van der Waals surface area contributed by atoms with Crippen molar-refractivity contribution in [2.75, 3.05) is 0 Å². The second kappa shape index (κ2) is 6.62. The number of hydrogen-bond acceptors (Lipinski definition) is 3. The Balaban J connectivity index is 2.16. The Morgan fingerprint density at radius 1 is 1.48 bits per heavy atom. The minimum Gasteiger partial charge on any atom is -0.362 e. The maximum absolute atomic E-state index is 13.2. The summed E-state index contributed by atoms with van der Waals surface area (Å²) in [7, 11) is 0. The molecule has 0 bridgehead atoms. The molecule has 126 valence electrons. The van der Waals surface area contributed by atoms with Crippen molar-refractivity contribution in [3.8, 4) is 0 Å². The lowest BCUT2D eigenvalue weighted by Crippen LogP contribution is -2.58. The Hall–Kier alpha value is -1.38. The molecule has 0 aromatic heterocycles. The summed E-state index contributed by atoms with van der Waals surface area (Å²) in [5, 5.41) is 17.1. The van der Waals surface area contributed by atoms with Crippen LogP contribution in [0.1, 0.15) is 25.3 Å². The number of nitrogens with zero attached hydrogens (tertiary/aromatic N) is 2. The summed E-state index contributed by atoms with van der Waals surface area (Å²) in [4.78, 5) is 0. The van der Waals surface area contributed by atoms with Crippen LogP contribution in [0, 0.1) is 0 Å². The highest BCUT2D eigenvalue weighted by atomic mass is 35.5. The van der Waals surface area contributed by atoms with E-state index in [4.69, 9.17) is 23.8 Å². The fourth-order valence-corrected chi connectivity index (χ4v) is 2.60. The standard InChI is InChI=1S/C14H15ClF3N3OS/c1-2-10-7-13(22,14(16,17)18)21(20-10)12(23)19-8-9-5-3-4-6-11(9)15/h3-6,22H,2,7-8H2,1H3,(H,19,23). The Morgan fingerprint density at radius 3 is 2.70 bits per heavy atom. The molecule has 1 aromatic carbocycles. The topological polar surface area (TPSA) is 47.9 Å². The highest BCUT2D eigenvalue weighted by molar-refractivity contribution is 7.80. The third-order valence-corrected chi connectivity index (χ3v) is 4.17. The summed E-state index contributed by atoms with van der Waals surface area (Å²) in [5.41, 5.74) is -2.22. The number of alkyl halides is 3. The maximum atomic E-state index is 13.2. The molecular formula is C14H15ClF3N3OS. The van der Waals surface area contributed by atoms with Crippen molar-refractivity contribution in [2.24, 2.45) is 5.10 Å². The van der Waals surface area contributed by atoms with Crippen molar-refractivity contribution >= 4 is 34.6 Å². The number of benzene rings is 1. The Morgan fingerprint density at radius 2 is 2.13 bits per heavy atom. The van der Waals surface area contributed by atoms with Crippen molar-refractivity contribution in [3.63, 3.8) is 0 Å². The molecule has 1 heterocycles. The van der Waals surface area contributed by atoms with Gasteiger partial charge in [-0.25, -0.2) is 0 Å². The van der Waals surface area contributed by atoms with Crippen molar-refractivity contribution in [1.29, 1.82) is 0 Å². The lowest BCUT2D eigenvalue weighted by Gasteiger charge is -2.34. The first-order chi connectivity index (χ1) is 10.7. The summed E-state index contributed by atoms with van der Waals surface area (Å²) in [6.07, 6.45) is -5.22. The molecule has 9 heteroatoms. The molecule has 1 aromatic rings. The summed E-state index contributed by atoms with van der Waals surface area (Å²) in [6.45, 7) is 1.79. The number of rotatable bonds is 3. The number of aliphatic hydroxyl groups is 1. The number of hydrogen-bond donors (Lipinski definition) is 2. The van der Waals surface area contributed by atoms with Crippen molar-refractivity contribution < 1.29 is 18.3 Å². The molecule has 0 amide bonds. The average Bonchev–Trinajstić information content (AvgIpc) is 2.84. The summed E-state index contributed by atoms with van der Waals surface area (Å²) >= 11 is 11.0. The van der Waals surface area contributed by atoms with Gasteiger partial charge in [-0.15, -0.1) is 0 Å². The quantitative estimate of drug-likeness (QED) is 0.806. The van der Waals surface area contributed by atoms with Gasteiger partial charge in [-0.2, -0.15) is 23.3 Å². The molecule has 0 saturated carbocycles. The zero-order valence-corrected chi connectivity index (χ0v) is 13.8. The molecule has 0 spiro atoms. The first kappa shape index (κ1) is 18.0. The zero-order valence-electron chi connectivity index (χ0n) is 12.2. The number of nitrogens with one attached hydrogen (secondary N) is 1. The van der Waals surface area contributed by atoms with Crippen LogP contribution in [-0.4, -0.2) is 32.8 Å². The predicted molar refractivity (Wildman–Crippen MR) is 86.1 cm³/mol. The number of hydrazone groups is 1. The smallest absolute Gasteiger partial charge is 0.362 e. The molecule has 2 N–H and O–H groups in total. The van der Waals surface area contributed by atoms with Crippen LogP contribution < -0.4 is 5.32 Å². The average molecular weight is 366 g/mol. The van der Waals surface area contributed by atoms with Gasteiger partial charge >= 0.3 is 6.18 Å². The summed E-state index contributed by atoms with van der Waals surface area (Å²) < 4.78 is 39.7. The van der Waals surface area contributed by atoms with Crippen LogP contribution in [0.15, 0.2) is 29.4 Å². The predicted octanol–water partition coefficient (Wildman–Crippen LogP) is 3.44. The van der Waals surface area contributed by atoms with Gasteiger partial charge < -0.3 is 10.4 Å². The normalized spacial score (nSPS) is 21.3. The Bertz CT molecular complexity index is 638. The summed E-state index contributed by atoms with van der Waals surface area (Å²) in [5.74, 6) is 0. The van der Waals surface area contributed by atoms with E-state index in [0.29, 0.717) is 22.0 Å². The van der Waals surface area contributed by atoms with Gasteiger partial charge in [0, 0.05) is 23.7 Å². The maximum Gasteiger partial charge on any atom is 0.438 e. The molecule has 0 saturated heterocycles. The van der Waals surface area contributed by atoms with E-state index in [-0.39, 0.29) is 17.4 Å². The fraction of sp³-hybridized carbons (Fsp3) is 0.429. The van der Waals surface area contributed by atoms with E-state index in [1.54, 1.807) is 31.2 Å². The lowest BCUT2D eigenvalue weighted by molar-refractivity contribution is -0.294. The third kappa shape index (κ3) is 3.59. The molecule has 1 aliphatic rings. The van der Waals surface area contributed by atoms with E-state index in [1.807, 2.05) is 0 Å². The molecule has 23 heavy (non-hydrogen) atoms. The van der Waals surface area contributed by atoms with Crippen LogP contribution >= 0.6 is 23.8 Å². The van der Waals surface area contributed by atoms with Crippen LogP contribution in [0.4, 0.5) is 13.2 Å². The zero-order chi connectivity index (χ0) is 17.3. The van der Waals surface area contributed by atoms with Crippen LogP contribution in [0.25, 0.3) is 0 Å². The molecule has 0 fully saturated rings. The van der Waals surface area contributed by atoms with Crippen LogP contribution in [-0.2, 0) is 6.54 Å². The van der Waals surface area contributed by atoms with Crippen molar-refractivity contribution in [3.05, 3.63) is 34.9 Å². The van der Waals surface area contributed by atoms with E-state index in [2.05, 4.69) is 10.4 Å². The Labute approximate surface area is 141 Å². The van der Waals surface area contributed by atoms with Gasteiger partial charge in [0.25, 0.3) is 5.72 Å².